The molecule has 0 aliphatic rings. The average Bonchev–Trinajstić information content (AvgIpc) is 2.29. The molecule has 0 heterocycles. The molecule has 0 saturated carbocycles. The van der Waals surface area contributed by atoms with Gasteiger partial charge in [0.15, 0.2) is 0 Å². The molecular weight excluding hydrogens is 285 g/mol. The first-order valence-electron chi connectivity index (χ1n) is 5.55. The van der Waals surface area contributed by atoms with Crippen molar-refractivity contribution in [1.82, 2.24) is 10.2 Å². The zero-order chi connectivity index (χ0) is 15.1. The van der Waals surface area contributed by atoms with Crippen molar-refractivity contribution in [2.45, 2.75) is 25.6 Å². The van der Waals surface area contributed by atoms with Crippen LogP contribution in [0, 0.1) is 0 Å². The first-order chi connectivity index (χ1) is 8.71. The van der Waals surface area contributed by atoms with Crippen LogP contribution in [0.1, 0.15) is 13.3 Å². The van der Waals surface area contributed by atoms with Crippen molar-refractivity contribution >= 4 is 23.8 Å². The van der Waals surface area contributed by atoms with Gasteiger partial charge in [-0.25, -0.2) is 9.59 Å². The van der Waals surface area contributed by atoms with Crippen LogP contribution in [-0.2, 0) is 4.79 Å². The predicted molar refractivity (Wildman–Crippen MR) is 66.3 cm³/mol. The Bertz CT molecular complexity index is 313. The molecule has 2 amide bonds. The summed E-state index contributed by atoms with van der Waals surface area (Å²) in [6, 6.07) is -2.20. The van der Waals surface area contributed by atoms with E-state index in [1.807, 2.05) is 0 Å². The summed E-state index contributed by atoms with van der Waals surface area (Å²) < 4.78 is 36.6. The Morgan fingerprint density at radius 2 is 2.00 bits per heavy atom. The Labute approximate surface area is 113 Å². The van der Waals surface area contributed by atoms with Gasteiger partial charge in [-0.1, -0.05) is 0 Å². The summed E-state index contributed by atoms with van der Waals surface area (Å²) >= 11 is 1.39. The van der Waals surface area contributed by atoms with Crippen LogP contribution in [-0.4, -0.2) is 59.3 Å². The van der Waals surface area contributed by atoms with E-state index in [1.54, 1.807) is 6.26 Å². The number of carbonyl (C=O) groups is 2. The van der Waals surface area contributed by atoms with Gasteiger partial charge in [0, 0.05) is 6.54 Å². The number of halogens is 3. The number of carboxylic acid groups (broad SMARTS) is 1. The summed E-state index contributed by atoms with van der Waals surface area (Å²) in [4.78, 5) is 23.0. The van der Waals surface area contributed by atoms with Crippen LogP contribution in [0.2, 0.25) is 0 Å². The maximum Gasteiger partial charge on any atom is 0.406 e. The van der Waals surface area contributed by atoms with Gasteiger partial charge in [-0.2, -0.15) is 24.9 Å². The summed E-state index contributed by atoms with van der Waals surface area (Å²) in [5.74, 6) is -0.770. The van der Waals surface area contributed by atoms with Crippen molar-refractivity contribution in [1.29, 1.82) is 0 Å². The molecule has 0 rings (SSSR count). The molecule has 9 heteroatoms. The Morgan fingerprint density at radius 1 is 1.42 bits per heavy atom. The number of carboxylic acids is 1. The third-order valence-electron chi connectivity index (χ3n) is 2.25. The van der Waals surface area contributed by atoms with Gasteiger partial charge in [-0.15, -0.1) is 0 Å². The summed E-state index contributed by atoms with van der Waals surface area (Å²) in [5, 5.41) is 11.0. The molecule has 0 spiro atoms. The molecule has 0 aromatic carbocycles. The fourth-order valence-corrected chi connectivity index (χ4v) is 1.75. The molecule has 0 fully saturated rings. The molecule has 0 aliphatic carbocycles. The summed E-state index contributed by atoms with van der Waals surface area (Å²) in [6.45, 7) is -0.159. The minimum absolute atomic E-state index is 0.153. The third kappa shape index (κ3) is 7.81. The maximum atomic E-state index is 12.2. The molecule has 19 heavy (non-hydrogen) atoms. The predicted octanol–water partition coefficient (Wildman–Crippen LogP) is 1.79. The highest BCUT2D eigenvalue weighted by Crippen LogP contribution is 2.16. The van der Waals surface area contributed by atoms with Crippen molar-refractivity contribution in [2.24, 2.45) is 0 Å². The number of hydrogen-bond donors (Lipinski definition) is 2. The van der Waals surface area contributed by atoms with Crippen molar-refractivity contribution in [3.8, 4) is 0 Å². The topological polar surface area (TPSA) is 69.6 Å². The van der Waals surface area contributed by atoms with E-state index in [9.17, 15) is 22.8 Å². The molecule has 0 saturated heterocycles. The second kappa shape index (κ2) is 8.13. The minimum Gasteiger partial charge on any atom is -0.480 e. The van der Waals surface area contributed by atoms with Crippen LogP contribution in [0.15, 0.2) is 0 Å². The van der Waals surface area contributed by atoms with E-state index in [1.165, 1.54) is 18.7 Å². The van der Waals surface area contributed by atoms with E-state index in [2.05, 4.69) is 5.32 Å². The van der Waals surface area contributed by atoms with E-state index < -0.39 is 30.8 Å². The smallest absolute Gasteiger partial charge is 0.406 e. The molecule has 5 nitrogen and oxygen atoms in total. The highest BCUT2D eigenvalue weighted by atomic mass is 32.2. The second-order valence-corrected chi connectivity index (χ2v) is 4.74. The summed E-state index contributed by atoms with van der Waals surface area (Å²) in [6.07, 6.45) is -2.58. The van der Waals surface area contributed by atoms with Crippen molar-refractivity contribution in [2.75, 3.05) is 25.1 Å². The molecule has 0 unspecified atom stereocenters. The van der Waals surface area contributed by atoms with Gasteiger partial charge >= 0.3 is 18.2 Å². The van der Waals surface area contributed by atoms with Crippen LogP contribution in [0.5, 0.6) is 0 Å². The molecule has 1 atom stereocenters. The van der Waals surface area contributed by atoms with Gasteiger partial charge in [-0.05, 0) is 25.4 Å². The lowest BCUT2D eigenvalue weighted by molar-refractivity contribution is -0.140. The number of nitrogens with zero attached hydrogens (tertiary/aromatic N) is 1. The van der Waals surface area contributed by atoms with Crippen LogP contribution >= 0.6 is 11.8 Å². The Balaban J connectivity index is 4.55. The van der Waals surface area contributed by atoms with Gasteiger partial charge in [0.25, 0.3) is 0 Å². The van der Waals surface area contributed by atoms with Gasteiger partial charge in [0.2, 0.25) is 0 Å². The summed E-state index contributed by atoms with van der Waals surface area (Å²) in [7, 11) is 0. The normalized spacial score (nSPS) is 12.9. The SMILES string of the molecule is CCN(CC(F)(F)F)C(=O)N[C@@H](CCSC)C(=O)O. The van der Waals surface area contributed by atoms with Crippen molar-refractivity contribution in [3.63, 3.8) is 0 Å². The molecule has 0 radical (unpaired) electrons. The molecular formula is C10H17F3N2O3S. The average molecular weight is 302 g/mol. The van der Waals surface area contributed by atoms with Crippen molar-refractivity contribution < 1.29 is 27.9 Å². The van der Waals surface area contributed by atoms with E-state index >= 15 is 0 Å². The Morgan fingerprint density at radius 3 is 2.37 bits per heavy atom. The van der Waals surface area contributed by atoms with Crippen LogP contribution < -0.4 is 5.32 Å². The fraction of sp³-hybridized carbons (Fsp3) is 0.800. The number of rotatable bonds is 7. The molecule has 0 aromatic rings. The number of amides is 2. The van der Waals surface area contributed by atoms with Gasteiger partial charge in [0.1, 0.15) is 12.6 Å². The zero-order valence-corrected chi connectivity index (χ0v) is 11.5. The number of nitrogens with one attached hydrogen (secondary N) is 1. The minimum atomic E-state index is -4.51. The molecule has 2 N–H and O–H groups in total. The number of urea groups is 1. The van der Waals surface area contributed by atoms with Gasteiger partial charge in [-0.3, -0.25) is 0 Å². The number of aliphatic carboxylic acids is 1. The molecule has 0 aliphatic heterocycles. The first kappa shape index (κ1) is 17.9. The molecule has 0 aromatic heterocycles. The largest absolute Gasteiger partial charge is 0.480 e. The van der Waals surface area contributed by atoms with Crippen molar-refractivity contribution in [3.05, 3.63) is 0 Å². The van der Waals surface area contributed by atoms with E-state index in [0.717, 1.165) is 0 Å². The second-order valence-electron chi connectivity index (χ2n) is 3.75. The number of alkyl halides is 3. The van der Waals surface area contributed by atoms with Crippen LogP contribution in [0.3, 0.4) is 0 Å². The monoisotopic (exact) mass is 302 g/mol. The standard InChI is InChI=1S/C10H17F3N2O3S/c1-3-15(6-10(11,12)13)9(18)14-7(8(16)17)4-5-19-2/h7H,3-6H2,1-2H3,(H,14,18)(H,16,17)/t7-/m0/s1. The Hall–Kier alpha value is -1.12. The van der Waals surface area contributed by atoms with E-state index in [-0.39, 0.29) is 13.0 Å². The third-order valence-corrected chi connectivity index (χ3v) is 2.89. The van der Waals surface area contributed by atoms with Crippen LogP contribution in [0.25, 0.3) is 0 Å². The lowest BCUT2D eigenvalue weighted by Gasteiger charge is -2.24. The van der Waals surface area contributed by atoms with Gasteiger partial charge in [0.05, 0.1) is 0 Å². The number of carbonyl (C=O) groups excluding carboxylic acids is 1. The van der Waals surface area contributed by atoms with Crippen LogP contribution in [0.4, 0.5) is 18.0 Å². The lowest BCUT2D eigenvalue weighted by Crippen LogP contribution is -2.50. The summed E-state index contributed by atoms with van der Waals surface area (Å²) in [5.41, 5.74) is 0. The van der Waals surface area contributed by atoms with E-state index in [0.29, 0.717) is 10.7 Å². The number of hydrogen-bond acceptors (Lipinski definition) is 3. The molecule has 0 bridgehead atoms. The Kier molecular flexibility index (Phi) is 7.65. The fourth-order valence-electron chi connectivity index (χ4n) is 1.28. The zero-order valence-electron chi connectivity index (χ0n) is 10.7. The highest BCUT2D eigenvalue weighted by Gasteiger charge is 2.33. The molecule has 112 valence electrons. The lowest BCUT2D eigenvalue weighted by atomic mass is 10.2. The van der Waals surface area contributed by atoms with Gasteiger partial charge < -0.3 is 15.3 Å². The van der Waals surface area contributed by atoms with E-state index in [4.69, 9.17) is 5.11 Å². The maximum absolute atomic E-state index is 12.2. The quantitative estimate of drug-likeness (QED) is 0.752. The first-order valence-corrected chi connectivity index (χ1v) is 6.94. The highest BCUT2D eigenvalue weighted by molar-refractivity contribution is 7.98. The number of thioether (sulfide) groups is 1.